The molecule has 0 bridgehead atoms. The highest BCUT2D eigenvalue weighted by Gasteiger charge is 2.39. The summed E-state index contributed by atoms with van der Waals surface area (Å²) in [5.41, 5.74) is 2.10. The molecule has 0 fully saturated rings. The molecular weight excluding hydrogens is 296 g/mol. The standard InChI is InChI=1S/C16H26N2O3Si/c1-4-19-22(20-5-2,21-6-3)13-9-12-16-17-14-10-7-8-11-15(14)18-16/h7-8,10-11H,4-6,9,12-13H2,1-3H3,(H,17,18). The van der Waals surface area contributed by atoms with E-state index in [4.69, 9.17) is 13.3 Å². The normalized spacial score (nSPS) is 12.1. The van der Waals surface area contributed by atoms with Gasteiger partial charge in [0, 0.05) is 32.3 Å². The van der Waals surface area contributed by atoms with Gasteiger partial charge in [-0.2, -0.15) is 0 Å². The Morgan fingerprint density at radius 1 is 1.00 bits per heavy atom. The lowest BCUT2D eigenvalue weighted by Crippen LogP contribution is -2.46. The van der Waals surface area contributed by atoms with Gasteiger partial charge in [-0.3, -0.25) is 0 Å². The van der Waals surface area contributed by atoms with E-state index in [2.05, 4.69) is 9.97 Å². The summed E-state index contributed by atoms with van der Waals surface area (Å²) < 4.78 is 17.6. The van der Waals surface area contributed by atoms with E-state index in [1.165, 1.54) is 0 Å². The number of fused-ring (bicyclic) bond motifs is 1. The van der Waals surface area contributed by atoms with Gasteiger partial charge in [0.25, 0.3) is 0 Å². The summed E-state index contributed by atoms with van der Waals surface area (Å²) in [5, 5.41) is 0. The van der Waals surface area contributed by atoms with E-state index >= 15 is 0 Å². The van der Waals surface area contributed by atoms with Gasteiger partial charge in [0.15, 0.2) is 0 Å². The third kappa shape index (κ3) is 4.39. The predicted octanol–water partition coefficient (Wildman–Crippen LogP) is 3.54. The first kappa shape index (κ1) is 17.1. The summed E-state index contributed by atoms with van der Waals surface area (Å²) in [6.07, 6.45) is 1.81. The van der Waals surface area contributed by atoms with Crippen LogP contribution >= 0.6 is 0 Å². The highest BCUT2D eigenvalue weighted by Crippen LogP contribution is 2.20. The molecule has 2 aromatic rings. The van der Waals surface area contributed by atoms with Crippen molar-refractivity contribution < 1.29 is 13.3 Å². The SMILES string of the molecule is CCO[Si](CCCc1nc2ccccc2[nH]1)(OCC)OCC. The third-order valence-corrected chi connectivity index (χ3v) is 6.58. The molecule has 1 aromatic carbocycles. The minimum absolute atomic E-state index is 0.622. The molecule has 0 saturated heterocycles. The van der Waals surface area contributed by atoms with Gasteiger partial charge in [-0.15, -0.1) is 0 Å². The molecule has 122 valence electrons. The molecule has 0 radical (unpaired) electrons. The van der Waals surface area contributed by atoms with E-state index in [-0.39, 0.29) is 0 Å². The lowest BCUT2D eigenvalue weighted by atomic mass is 10.3. The number of aromatic nitrogens is 2. The van der Waals surface area contributed by atoms with Crippen LogP contribution in [0.3, 0.4) is 0 Å². The zero-order chi connectivity index (χ0) is 15.8. The highest BCUT2D eigenvalue weighted by atomic mass is 28.4. The van der Waals surface area contributed by atoms with Crippen molar-refractivity contribution in [3.05, 3.63) is 30.1 Å². The van der Waals surface area contributed by atoms with Gasteiger partial charge in [-0.1, -0.05) is 12.1 Å². The first-order valence-electron chi connectivity index (χ1n) is 8.08. The molecule has 0 spiro atoms. The van der Waals surface area contributed by atoms with Crippen molar-refractivity contribution in [1.29, 1.82) is 0 Å². The second kappa shape index (κ2) is 8.43. The van der Waals surface area contributed by atoms with Crippen LogP contribution in [0.5, 0.6) is 0 Å². The van der Waals surface area contributed by atoms with Crippen molar-refractivity contribution in [1.82, 2.24) is 9.97 Å². The van der Waals surface area contributed by atoms with E-state index in [0.717, 1.165) is 35.7 Å². The Bertz CT molecular complexity index is 523. The van der Waals surface area contributed by atoms with Gasteiger partial charge >= 0.3 is 8.80 Å². The summed E-state index contributed by atoms with van der Waals surface area (Å²) in [6, 6.07) is 8.91. The number of hydrogen-bond acceptors (Lipinski definition) is 4. The fourth-order valence-corrected chi connectivity index (χ4v) is 5.21. The van der Waals surface area contributed by atoms with E-state index in [1.807, 2.05) is 45.0 Å². The van der Waals surface area contributed by atoms with Crippen LogP contribution in [-0.4, -0.2) is 38.6 Å². The molecule has 0 aliphatic rings. The Hall–Kier alpha value is -1.21. The van der Waals surface area contributed by atoms with Crippen molar-refractivity contribution in [3.8, 4) is 0 Å². The summed E-state index contributed by atoms with van der Waals surface area (Å²) in [5.74, 6) is 1.01. The summed E-state index contributed by atoms with van der Waals surface area (Å²) >= 11 is 0. The topological polar surface area (TPSA) is 56.4 Å². The Balaban J connectivity index is 1.96. The van der Waals surface area contributed by atoms with Crippen molar-refractivity contribution in [2.75, 3.05) is 19.8 Å². The number of rotatable bonds is 10. The summed E-state index contributed by atoms with van der Waals surface area (Å²) in [6.45, 7) is 7.82. The molecule has 1 heterocycles. The molecule has 5 nitrogen and oxygen atoms in total. The van der Waals surface area contributed by atoms with Crippen LogP contribution in [0.1, 0.15) is 33.0 Å². The molecule has 6 heteroatoms. The Morgan fingerprint density at radius 2 is 1.64 bits per heavy atom. The minimum atomic E-state index is -2.53. The van der Waals surface area contributed by atoms with E-state index in [1.54, 1.807) is 0 Å². The van der Waals surface area contributed by atoms with Gasteiger partial charge in [0.2, 0.25) is 0 Å². The van der Waals surface area contributed by atoms with Crippen LogP contribution in [-0.2, 0) is 19.7 Å². The zero-order valence-corrected chi connectivity index (χ0v) is 14.7. The maximum absolute atomic E-state index is 5.87. The maximum atomic E-state index is 5.87. The van der Waals surface area contributed by atoms with Crippen LogP contribution in [0.2, 0.25) is 6.04 Å². The second-order valence-corrected chi connectivity index (χ2v) is 7.77. The van der Waals surface area contributed by atoms with E-state index < -0.39 is 8.80 Å². The van der Waals surface area contributed by atoms with Gasteiger partial charge in [-0.05, 0) is 39.3 Å². The molecule has 0 atom stereocenters. The Kier molecular flexibility index (Phi) is 6.57. The van der Waals surface area contributed by atoms with Crippen LogP contribution < -0.4 is 0 Å². The van der Waals surface area contributed by atoms with Gasteiger partial charge in [0.1, 0.15) is 5.82 Å². The highest BCUT2D eigenvalue weighted by molar-refractivity contribution is 6.60. The number of H-pyrrole nitrogens is 1. The number of benzene rings is 1. The quantitative estimate of drug-likeness (QED) is 0.680. The van der Waals surface area contributed by atoms with Crippen molar-refractivity contribution in [2.24, 2.45) is 0 Å². The number of aryl methyl sites for hydroxylation is 1. The van der Waals surface area contributed by atoms with Crippen molar-refractivity contribution in [2.45, 2.75) is 39.7 Å². The average Bonchev–Trinajstić information content (AvgIpc) is 2.90. The fourth-order valence-electron chi connectivity index (χ4n) is 2.60. The molecule has 0 saturated carbocycles. The average molecular weight is 322 g/mol. The van der Waals surface area contributed by atoms with E-state index in [9.17, 15) is 0 Å². The molecule has 0 unspecified atom stereocenters. The Labute approximate surface area is 133 Å². The van der Waals surface area contributed by atoms with E-state index in [0.29, 0.717) is 19.8 Å². The largest absolute Gasteiger partial charge is 0.500 e. The molecular formula is C16H26N2O3Si. The lowest BCUT2D eigenvalue weighted by Gasteiger charge is -2.28. The van der Waals surface area contributed by atoms with Crippen LogP contribution in [0, 0.1) is 0 Å². The molecule has 1 N–H and O–H groups in total. The number of imidazole rings is 1. The number of aromatic amines is 1. The van der Waals surface area contributed by atoms with Crippen molar-refractivity contribution in [3.63, 3.8) is 0 Å². The maximum Gasteiger partial charge on any atom is 0.500 e. The summed E-state index contributed by atoms with van der Waals surface area (Å²) in [7, 11) is -2.53. The fraction of sp³-hybridized carbons (Fsp3) is 0.562. The first-order valence-corrected chi connectivity index (χ1v) is 10.0. The van der Waals surface area contributed by atoms with Gasteiger partial charge in [0.05, 0.1) is 11.0 Å². The van der Waals surface area contributed by atoms with Crippen LogP contribution in [0.25, 0.3) is 11.0 Å². The first-order chi connectivity index (χ1) is 10.7. The summed E-state index contributed by atoms with van der Waals surface area (Å²) in [4.78, 5) is 7.97. The molecule has 2 rings (SSSR count). The smallest absolute Gasteiger partial charge is 0.374 e. The van der Waals surface area contributed by atoms with Crippen LogP contribution in [0.4, 0.5) is 0 Å². The molecule has 22 heavy (non-hydrogen) atoms. The van der Waals surface area contributed by atoms with Crippen LogP contribution in [0.15, 0.2) is 24.3 Å². The zero-order valence-electron chi connectivity index (χ0n) is 13.7. The number of para-hydroxylation sites is 2. The molecule has 0 amide bonds. The molecule has 1 aromatic heterocycles. The minimum Gasteiger partial charge on any atom is -0.374 e. The van der Waals surface area contributed by atoms with Crippen molar-refractivity contribution >= 4 is 19.8 Å². The predicted molar refractivity (Wildman–Crippen MR) is 89.9 cm³/mol. The molecule has 0 aliphatic carbocycles. The second-order valence-electron chi connectivity index (χ2n) is 5.04. The lowest BCUT2D eigenvalue weighted by molar-refractivity contribution is 0.0708. The number of nitrogens with zero attached hydrogens (tertiary/aromatic N) is 1. The van der Waals surface area contributed by atoms with Gasteiger partial charge < -0.3 is 18.3 Å². The monoisotopic (exact) mass is 322 g/mol. The Morgan fingerprint density at radius 3 is 2.23 bits per heavy atom. The third-order valence-electron chi connectivity index (χ3n) is 3.43. The van der Waals surface area contributed by atoms with Gasteiger partial charge in [-0.25, -0.2) is 4.98 Å². The number of nitrogens with one attached hydrogen (secondary N) is 1. The number of hydrogen-bond donors (Lipinski definition) is 1. The molecule has 0 aliphatic heterocycles.